The smallest absolute Gasteiger partial charge is 0.409 e. The molecule has 0 unspecified atom stereocenters. The third kappa shape index (κ3) is 3.71. The molecule has 2 aliphatic rings. The quantitative estimate of drug-likeness (QED) is 0.834. The van der Waals surface area contributed by atoms with Crippen LogP contribution >= 0.6 is 0 Å². The van der Waals surface area contributed by atoms with Gasteiger partial charge in [0.05, 0.1) is 18.6 Å². The Morgan fingerprint density at radius 1 is 1.35 bits per heavy atom. The first-order chi connectivity index (χ1) is 12.4. The van der Waals surface area contributed by atoms with E-state index in [0.29, 0.717) is 49.4 Å². The number of carboxylic acids is 1. The topological polar surface area (TPSA) is 93.1 Å². The Hall–Kier alpha value is -2.83. The van der Waals surface area contributed by atoms with E-state index in [-0.39, 0.29) is 18.3 Å². The monoisotopic (exact) mass is 359 g/mol. The number of carbonyl (C=O) groups excluding carboxylic acids is 2. The number of hydrogen-bond donors (Lipinski definition) is 1. The van der Waals surface area contributed by atoms with Gasteiger partial charge in [-0.2, -0.15) is 0 Å². The maximum Gasteiger partial charge on any atom is 0.409 e. The lowest BCUT2D eigenvalue weighted by Gasteiger charge is -2.43. The van der Waals surface area contributed by atoms with E-state index < -0.39 is 11.6 Å². The number of amides is 1. The second kappa shape index (κ2) is 7.19. The third-order valence-corrected chi connectivity index (χ3v) is 4.73. The van der Waals surface area contributed by atoms with Crippen LogP contribution in [-0.4, -0.2) is 53.1 Å². The molecule has 7 nitrogen and oxygen atoms in total. The summed E-state index contributed by atoms with van der Waals surface area (Å²) in [7, 11) is 0. The molecule has 1 spiro atoms. The minimum absolute atomic E-state index is 0.00426. The third-order valence-electron chi connectivity index (χ3n) is 4.73. The molecule has 1 N–H and O–H groups in total. The lowest BCUT2D eigenvalue weighted by Crippen LogP contribution is -2.52. The molecule has 2 aliphatic heterocycles. The van der Waals surface area contributed by atoms with Crippen molar-refractivity contribution in [2.24, 2.45) is 0 Å². The Morgan fingerprint density at radius 2 is 2.08 bits per heavy atom. The number of carboxylic acid groups (broad SMARTS) is 1. The molecule has 1 fully saturated rings. The zero-order valence-electron chi connectivity index (χ0n) is 14.6. The van der Waals surface area contributed by atoms with Crippen LogP contribution in [-0.2, 0) is 9.53 Å². The van der Waals surface area contributed by atoms with E-state index in [1.807, 2.05) is 0 Å². The van der Waals surface area contributed by atoms with Crippen molar-refractivity contribution in [1.82, 2.24) is 4.90 Å². The number of carbonyl (C=O) groups is 3. The Kier molecular flexibility index (Phi) is 4.97. The average molecular weight is 359 g/mol. The van der Waals surface area contributed by atoms with Crippen molar-refractivity contribution < 1.29 is 29.0 Å². The number of benzene rings is 1. The Balaban J connectivity index is 1.76. The highest BCUT2D eigenvalue weighted by Crippen LogP contribution is 2.40. The largest absolute Gasteiger partial charge is 0.486 e. The average Bonchev–Trinajstić information content (AvgIpc) is 2.60. The van der Waals surface area contributed by atoms with Gasteiger partial charge >= 0.3 is 12.1 Å². The number of likely N-dealkylation sites (tertiary alicyclic amines) is 1. The summed E-state index contributed by atoms with van der Waals surface area (Å²) in [6.07, 6.45) is 3.53. The molecule has 0 aliphatic carbocycles. The maximum atomic E-state index is 12.6. The van der Waals surface area contributed by atoms with Crippen molar-refractivity contribution in [2.45, 2.75) is 31.8 Å². The number of rotatable bonds is 3. The lowest BCUT2D eigenvalue weighted by molar-refractivity contribution is -0.131. The summed E-state index contributed by atoms with van der Waals surface area (Å²) in [6, 6.07) is 5.05. The van der Waals surface area contributed by atoms with E-state index in [9.17, 15) is 14.4 Å². The van der Waals surface area contributed by atoms with E-state index in [0.717, 1.165) is 6.08 Å². The zero-order valence-corrected chi connectivity index (χ0v) is 14.6. The first-order valence-electron chi connectivity index (χ1n) is 8.61. The van der Waals surface area contributed by atoms with Crippen molar-refractivity contribution >= 4 is 23.9 Å². The summed E-state index contributed by atoms with van der Waals surface area (Å²) >= 11 is 0. The molecular formula is C19H21NO6. The summed E-state index contributed by atoms with van der Waals surface area (Å²) in [4.78, 5) is 36.7. The van der Waals surface area contributed by atoms with Gasteiger partial charge in [-0.15, -0.1) is 0 Å². The van der Waals surface area contributed by atoms with Gasteiger partial charge in [0.25, 0.3) is 0 Å². The number of ether oxygens (including phenoxy) is 2. The molecule has 0 aromatic heterocycles. The van der Waals surface area contributed by atoms with Gasteiger partial charge in [-0.1, -0.05) is 6.07 Å². The normalized spacial score (nSPS) is 18.5. The standard InChI is InChI=1S/C19H21NO6/c1-2-25-18(24)20-9-7-19(8-10-20)12-15(21)14-5-3-13(4-6-17(22)23)11-16(14)26-19/h3-6,11H,2,7-10,12H2,1H3,(H,22,23)/b6-4+. The fourth-order valence-corrected chi connectivity index (χ4v) is 3.37. The van der Waals surface area contributed by atoms with Gasteiger partial charge in [-0.3, -0.25) is 4.79 Å². The first kappa shape index (κ1) is 18.0. The molecule has 3 rings (SSSR count). The molecule has 2 heterocycles. The molecule has 138 valence electrons. The van der Waals surface area contributed by atoms with Crippen LogP contribution in [0.2, 0.25) is 0 Å². The summed E-state index contributed by atoms with van der Waals surface area (Å²) in [5, 5.41) is 8.75. The van der Waals surface area contributed by atoms with Crippen LogP contribution in [0.15, 0.2) is 24.3 Å². The molecule has 0 bridgehead atoms. The van der Waals surface area contributed by atoms with E-state index >= 15 is 0 Å². The van der Waals surface area contributed by atoms with Crippen LogP contribution in [0.25, 0.3) is 6.08 Å². The first-order valence-corrected chi connectivity index (χ1v) is 8.61. The number of Topliss-reactive ketones (excluding diaryl/α,β-unsaturated/α-hetero) is 1. The summed E-state index contributed by atoms with van der Waals surface area (Å²) in [6.45, 7) is 3.04. The minimum atomic E-state index is -1.04. The van der Waals surface area contributed by atoms with Gasteiger partial charge in [-0.05, 0) is 30.7 Å². The summed E-state index contributed by atoms with van der Waals surface area (Å²) in [5.74, 6) is -0.564. The summed E-state index contributed by atoms with van der Waals surface area (Å²) < 4.78 is 11.2. The highest BCUT2D eigenvalue weighted by molar-refractivity contribution is 6.00. The Morgan fingerprint density at radius 3 is 2.73 bits per heavy atom. The van der Waals surface area contributed by atoms with E-state index in [1.54, 1.807) is 30.0 Å². The maximum absolute atomic E-state index is 12.6. The minimum Gasteiger partial charge on any atom is -0.486 e. The Labute approximate surface area is 151 Å². The zero-order chi connectivity index (χ0) is 18.7. The molecule has 1 aromatic rings. The SMILES string of the molecule is CCOC(=O)N1CCC2(CC1)CC(=O)c1ccc(/C=C/C(=O)O)cc1O2. The molecule has 0 atom stereocenters. The second-order valence-corrected chi connectivity index (χ2v) is 6.50. The van der Waals surface area contributed by atoms with Crippen LogP contribution < -0.4 is 4.74 Å². The van der Waals surface area contributed by atoms with E-state index in [4.69, 9.17) is 14.6 Å². The fourth-order valence-electron chi connectivity index (χ4n) is 3.37. The van der Waals surface area contributed by atoms with Crippen molar-refractivity contribution in [3.05, 3.63) is 35.4 Å². The molecular weight excluding hydrogens is 338 g/mol. The van der Waals surface area contributed by atoms with Crippen LogP contribution in [0.3, 0.4) is 0 Å². The lowest BCUT2D eigenvalue weighted by atomic mass is 9.82. The van der Waals surface area contributed by atoms with E-state index in [1.165, 1.54) is 6.08 Å². The molecule has 1 aromatic carbocycles. The number of aliphatic carboxylic acids is 1. The van der Waals surface area contributed by atoms with Crippen molar-refractivity contribution in [1.29, 1.82) is 0 Å². The predicted octanol–water partition coefficient (Wildman–Crippen LogP) is 2.74. The molecule has 7 heteroatoms. The van der Waals surface area contributed by atoms with Gasteiger partial charge < -0.3 is 19.5 Å². The number of fused-ring (bicyclic) bond motifs is 1. The molecule has 0 radical (unpaired) electrons. The van der Waals surface area contributed by atoms with Crippen LogP contribution in [0, 0.1) is 0 Å². The Bertz CT molecular complexity index is 761. The number of piperidine rings is 1. The van der Waals surface area contributed by atoms with Gasteiger partial charge in [-0.25, -0.2) is 9.59 Å². The molecule has 1 saturated heterocycles. The molecule has 1 amide bonds. The molecule has 26 heavy (non-hydrogen) atoms. The number of nitrogens with zero attached hydrogens (tertiary/aromatic N) is 1. The van der Waals surface area contributed by atoms with E-state index in [2.05, 4.69) is 0 Å². The van der Waals surface area contributed by atoms with Crippen molar-refractivity contribution in [2.75, 3.05) is 19.7 Å². The van der Waals surface area contributed by atoms with Crippen LogP contribution in [0.5, 0.6) is 5.75 Å². The van der Waals surface area contributed by atoms with Gasteiger partial charge in [0, 0.05) is 32.0 Å². The second-order valence-electron chi connectivity index (χ2n) is 6.50. The number of ketones is 1. The predicted molar refractivity (Wildman–Crippen MR) is 93.2 cm³/mol. The highest BCUT2D eigenvalue weighted by Gasteiger charge is 2.43. The van der Waals surface area contributed by atoms with Crippen molar-refractivity contribution in [3.63, 3.8) is 0 Å². The van der Waals surface area contributed by atoms with Crippen molar-refractivity contribution in [3.8, 4) is 5.75 Å². The van der Waals surface area contributed by atoms with Crippen LogP contribution in [0.4, 0.5) is 4.79 Å². The van der Waals surface area contributed by atoms with Gasteiger partial charge in [0.2, 0.25) is 0 Å². The fraction of sp³-hybridized carbons (Fsp3) is 0.421. The van der Waals surface area contributed by atoms with Gasteiger partial charge in [0.15, 0.2) is 5.78 Å². The highest BCUT2D eigenvalue weighted by atomic mass is 16.6. The van der Waals surface area contributed by atoms with Crippen LogP contribution in [0.1, 0.15) is 42.1 Å². The molecule has 0 saturated carbocycles. The number of hydrogen-bond acceptors (Lipinski definition) is 5. The van der Waals surface area contributed by atoms with Gasteiger partial charge in [0.1, 0.15) is 11.4 Å². The summed E-state index contributed by atoms with van der Waals surface area (Å²) in [5.41, 5.74) is 0.540.